The van der Waals surface area contributed by atoms with E-state index in [-0.39, 0.29) is 0 Å². The van der Waals surface area contributed by atoms with Gasteiger partial charge in [-0.05, 0) is 32.1 Å². The normalized spacial score (nSPS) is 19.2. The van der Waals surface area contributed by atoms with Gasteiger partial charge in [-0.1, -0.05) is 20.3 Å². The van der Waals surface area contributed by atoms with E-state index in [0.717, 1.165) is 43.0 Å². The van der Waals surface area contributed by atoms with Gasteiger partial charge in [0.1, 0.15) is 5.82 Å². The first-order valence-corrected chi connectivity index (χ1v) is 7.92. The van der Waals surface area contributed by atoms with E-state index in [9.17, 15) is 0 Å². The number of hydrogen-bond donors (Lipinski definition) is 0. The Balaban J connectivity index is 2.15. The van der Waals surface area contributed by atoms with E-state index in [1.165, 1.54) is 25.7 Å². The number of nitrogens with zero attached hydrogens (tertiary/aromatic N) is 4. The van der Waals surface area contributed by atoms with E-state index in [4.69, 9.17) is 4.98 Å². The maximum absolute atomic E-state index is 4.79. The lowest BCUT2D eigenvalue weighted by molar-refractivity contribution is 0.442. The summed E-state index contributed by atoms with van der Waals surface area (Å²) >= 11 is 0. The summed E-state index contributed by atoms with van der Waals surface area (Å²) in [5.74, 6) is 2.71. The summed E-state index contributed by atoms with van der Waals surface area (Å²) in [6.07, 6.45) is 4.99. The third-order valence-corrected chi connectivity index (χ3v) is 4.01. The zero-order valence-corrected chi connectivity index (χ0v) is 13.4. The van der Waals surface area contributed by atoms with E-state index >= 15 is 0 Å². The molecule has 1 fully saturated rings. The van der Waals surface area contributed by atoms with Crippen LogP contribution in [-0.2, 0) is 0 Å². The fourth-order valence-corrected chi connectivity index (χ4v) is 2.75. The first-order chi connectivity index (χ1) is 9.60. The highest BCUT2D eigenvalue weighted by Gasteiger charge is 2.19. The number of anilines is 2. The molecule has 1 aliphatic rings. The van der Waals surface area contributed by atoms with Gasteiger partial charge in [0.05, 0.1) is 0 Å². The summed E-state index contributed by atoms with van der Waals surface area (Å²) in [6.45, 7) is 9.84. The van der Waals surface area contributed by atoms with Crippen molar-refractivity contribution >= 4 is 11.8 Å². The molecule has 4 nitrogen and oxygen atoms in total. The van der Waals surface area contributed by atoms with Crippen LogP contribution >= 0.6 is 0 Å². The van der Waals surface area contributed by atoms with Crippen molar-refractivity contribution in [3.8, 4) is 0 Å². The van der Waals surface area contributed by atoms with Crippen molar-refractivity contribution in [1.82, 2.24) is 9.97 Å². The Morgan fingerprint density at radius 3 is 2.90 bits per heavy atom. The molecule has 1 aliphatic heterocycles. The number of aromatic nitrogens is 2. The molecule has 1 aromatic rings. The summed E-state index contributed by atoms with van der Waals surface area (Å²) in [5, 5.41) is 0. The molecule has 112 valence electrons. The van der Waals surface area contributed by atoms with Crippen LogP contribution < -0.4 is 9.80 Å². The summed E-state index contributed by atoms with van der Waals surface area (Å²) in [6, 6.07) is 2.09. The lowest BCUT2D eigenvalue weighted by atomic mass is 10.0. The molecule has 4 heteroatoms. The van der Waals surface area contributed by atoms with Gasteiger partial charge in [-0.15, -0.1) is 0 Å². The Morgan fingerprint density at radius 2 is 2.20 bits per heavy atom. The van der Waals surface area contributed by atoms with Crippen molar-refractivity contribution in [2.24, 2.45) is 5.92 Å². The summed E-state index contributed by atoms with van der Waals surface area (Å²) in [7, 11) is 2.13. The molecule has 0 saturated carbocycles. The summed E-state index contributed by atoms with van der Waals surface area (Å²) < 4.78 is 0. The minimum atomic E-state index is 0.745. The number of piperidine rings is 1. The standard InChI is InChI=1S/C16H28N4/c1-5-6-9-19(4)15-11-14(3)17-16(18-15)20-10-7-8-13(2)12-20/h11,13H,5-10,12H2,1-4H3. The van der Waals surface area contributed by atoms with Crippen LogP contribution in [0.4, 0.5) is 11.8 Å². The van der Waals surface area contributed by atoms with E-state index < -0.39 is 0 Å². The highest BCUT2D eigenvalue weighted by molar-refractivity contribution is 5.45. The Bertz CT molecular complexity index is 432. The molecular formula is C16H28N4. The Hall–Kier alpha value is -1.32. The number of aryl methyl sites for hydroxylation is 1. The van der Waals surface area contributed by atoms with Crippen LogP contribution in [0.2, 0.25) is 0 Å². The smallest absolute Gasteiger partial charge is 0.227 e. The first kappa shape index (κ1) is 15.1. The van der Waals surface area contributed by atoms with Crippen LogP contribution in [-0.4, -0.2) is 36.6 Å². The van der Waals surface area contributed by atoms with E-state index in [1.54, 1.807) is 0 Å². The van der Waals surface area contributed by atoms with Crippen molar-refractivity contribution in [2.45, 2.75) is 46.5 Å². The Labute approximate surface area is 123 Å². The SMILES string of the molecule is CCCCN(C)c1cc(C)nc(N2CCCC(C)C2)n1. The maximum atomic E-state index is 4.79. The molecule has 0 N–H and O–H groups in total. The van der Waals surface area contributed by atoms with Gasteiger partial charge in [0.2, 0.25) is 5.95 Å². The topological polar surface area (TPSA) is 32.3 Å². The van der Waals surface area contributed by atoms with Gasteiger partial charge in [-0.2, -0.15) is 4.98 Å². The number of rotatable bonds is 5. The van der Waals surface area contributed by atoms with Gasteiger partial charge in [0, 0.05) is 38.4 Å². The fraction of sp³-hybridized carbons (Fsp3) is 0.750. The van der Waals surface area contributed by atoms with Crippen LogP contribution in [0.15, 0.2) is 6.07 Å². The highest BCUT2D eigenvalue weighted by atomic mass is 15.3. The van der Waals surface area contributed by atoms with Gasteiger partial charge in [0.25, 0.3) is 0 Å². The third-order valence-electron chi connectivity index (χ3n) is 4.01. The maximum Gasteiger partial charge on any atom is 0.227 e. The van der Waals surface area contributed by atoms with Crippen molar-refractivity contribution in [1.29, 1.82) is 0 Å². The quantitative estimate of drug-likeness (QED) is 0.826. The van der Waals surface area contributed by atoms with Gasteiger partial charge >= 0.3 is 0 Å². The van der Waals surface area contributed by atoms with Crippen LogP contribution in [0.3, 0.4) is 0 Å². The number of hydrogen-bond acceptors (Lipinski definition) is 4. The second-order valence-electron chi connectivity index (χ2n) is 6.14. The first-order valence-electron chi connectivity index (χ1n) is 7.92. The molecule has 0 radical (unpaired) electrons. The van der Waals surface area contributed by atoms with Crippen LogP contribution in [0.1, 0.15) is 45.2 Å². The molecule has 2 heterocycles. The minimum Gasteiger partial charge on any atom is -0.360 e. The van der Waals surface area contributed by atoms with Gasteiger partial charge < -0.3 is 9.80 Å². The third kappa shape index (κ3) is 3.84. The van der Waals surface area contributed by atoms with Crippen LogP contribution in [0.5, 0.6) is 0 Å². The lowest BCUT2D eigenvalue weighted by Gasteiger charge is -2.31. The zero-order chi connectivity index (χ0) is 14.5. The molecule has 1 saturated heterocycles. The molecular weight excluding hydrogens is 248 g/mol. The van der Waals surface area contributed by atoms with Gasteiger partial charge in [0.15, 0.2) is 0 Å². The number of unbranched alkanes of at least 4 members (excludes halogenated alkanes) is 1. The molecule has 0 aliphatic carbocycles. The molecule has 0 bridgehead atoms. The van der Waals surface area contributed by atoms with Crippen molar-refractivity contribution in [3.63, 3.8) is 0 Å². The fourth-order valence-electron chi connectivity index (χ4n) is 2.75. The second kappa shape index (κ2) is 6.91. The molecule has 1 atom stereocenters. The Morgan fingerprint density at radius 1 is 1.40 bits per heavy atom. The average Bonchev–Trinajstić information content (AvgIpc) is 2.44. The van der Waals surface area contributed by atoms with Gasteiger partial charge in [-0.25, -0.2) is 4.98 Å². The van der Waals surface area contributed by atoms with Crippen molar-refractivity contribution in [2.75, 3.05) is 36.5 Å². The summed E-state index contributed by atoms with van der Waals surface area (Å²) in [5.41, 5.74) is 1.06. The molecule has 1 unspecified atom stereocenters. The van der Waals surface area contributed by atoms with E-state index in [0.29, 0.717) is 0 Å². The largest absolute Gasteiger partial charge is 0.360 e. The molecule has 0 spiro atoms. The predicted octanol–water partition coefficient (Wildman–Crippen LogP) is 3.26. The van der Waals surface area contributed by atoms with Crippen LogP contribution in [0, 0.1) is 12.8 Å². The molecule has 2 rings (SSSR count). The lowest BCUT2D eigenvalue weighted by Crippen LogP contribution is -2.36. The van der Waals surface area contributed by atoms with E-state index in [2.05, 4.69) is 48.7 Å². The zero-order valence-electron chi connectivity index (χ0n) is 13.4. The van der Waals surface area contributed by atoms with Crippen LogP contribution in [0.25, 0.3) is 0 Å². The monoisotopic (exact) mass is 276 g/mol. The van der Waals surface area contributed by atoms with Gasteiger partial charge in [-0.3, -0.25) is 0 Å². The minimum absolute atomic E-state index is 0.745. The molecule has 0 amide bonds. The Kier molecular flexibility index (Phi) is 5.21. The van der Waals surface area contributed by atoms with Crippen molar-refractivity contribution < 1.29 is 0 Å². The second-order valence-corrected chi connectivity index (χ2v) is 6.14. The average molecular weight is 276 g/mol. The highest BCUT2D eigenvalue weighted by Crippen LogP contribution is 2.22. The molecule has 0 aromatic carbocycles. The van der Waals surface area contributed by atoms with Crippen molar-refractivity contribution in [3.05, 3.63) is 11.8 Å². The van der Waals surface area contributed by atoms with E-state index in [1.807, 2.05) is 0 Å². The predicted molar refractivity (Wildman–Crippen MR) is 85.6 cm³/mol. The molecule has 20 heavy (non-hydrogen) atoms. The molecule has 1 aromatic heterocycles. The summed E-state index contributed by atoms with van der Waals surface area (Å²) in [4.78, 5) is 14.0.